The van der Waals surface area contributed by atoms with Crippen molar-refractivity contribution in [2.45, 2.75) is 44.4 Å². The molecule has 1 fully saturated rings. The van der Waals surface area contributed by atoms with Gasteiger partial charge in [0, 0.05) is 18.7 Å². The lowest BCUT2D eigenvalue weighted by Crippen LogP contribution is -2.66. The van der Waals surface area contributed by atoms with Crippen LogP contribution >= 0.6 is 15.9 Å². The van der Waals surface area contributed by atoms with Crippen LogP contribution in [0.3, 0.4) is 0 Å². The van der Waals surface area contributed by atoms with E-state index in [-0.39, 0.29) is 11.3 Å². The van der Waals surface area contributed by atoms with Gasteiger partial charge in [0.15, 0.2) is 0 Å². The molecule has 0 bridgehead atoms. The molecular weight excluding hydrogens is 479 g/mol. The minimum atomic E-state index is -4.44. The van der Waals surface area contributed by atoms with Crippen molar-refractivity contribution < 1.29 is 27.5 Å². The van der Waals surface area contributed by atoms with E-state index in [1.54, 1.807) is 23.6 Å². The van der Waals surface area contributed by atoms with Crippen LogP contribution in [0, 0.1) is 0 Å². The number of hydrogen-bond donors (Lipinski definition) is 1. The van der Waals surface area contributed by atoms with E-state index in [2.05, 4.69) is 15.9 Å². The summed E-state index contributed by atoms with van der Waals surface area (Å²) >= 11 is 3.40. The summed E-state index contributed by atoms with van der Waals surface area (Å²) in [5.74, 6) is -0.530. The number of alkyl halides is 3. The Morgan fingerprint density at radius 1 is 1.26 bits per heavy atom. The first kappa shape index (κ1) is 21.7. The van der Waals surface area contributed by atoms with Gasteiger partial charge in [-0.25, -0.2) is 0 Å². The third kappa shape index (κ3) is 3.50. The van der Waals surface area contributed by atoms with Crippen molar-refractivity contribution in [3.05, 3.63) is 39.5 Å². The first-order chi connectivity index (χ1) is 14.5. The fourth-order valence-corrected chi connectivity index (χ4v) is 4.88. The normalized spacial score (nSPS) is 20.0. The van der Waals surface area contributed by atoms with Crippen LogP contribution in [0.2, 0.25) is 0 Å². The number of hydrogen-bond acceptors (Lipinski definition) is 3. The molecule has 166 valence electrons. The average Bonchev–Trinajstić information content (AvgIpc) is 3.02. The molecule has 2 aromatic rings. The van der Waals surface area contributed by atoms with E-state index in [0.29, 0.717) is 47.4 Å². The van der Waals surface area contributed by atoms with Crippen molar-refractivity contribution in [1.82, 2.24) is 9.47 Å². The number of benzene rings is 1. The molecule has 10 heteroatoms. The summed E-state index contributed by atoms with van der Waals surface area (Å²) in [4.78, 5) is 26.5. The van der Waals surface area contributed by atoms with Crippen LogP contribution in [-0.2, 0) is 24.2 Å². The van der Waals surface area contributed by atoms with Gasteiger partial charge in [0.05, 0.1) is 23.7 Å². The number of nitrogens with zero attached hydrogens (tertiary/aromatic N) is 2. The molecule has 2 aliphatic heterocycles. The van der Waals surface area contributed by atoms with Crippen molar-refractivity contribution in [3.63, 3.8) is 0 Å². The molecule has 2 aliphatic rings. The first-order valence-electron chi connectivity index (χ1n) is 9.74. The maximum Gasteiger partial charge on any atom is 0.393 e. The SMILES string of the molecule is COc1cc2c(cc1Br)-c1c(CC(F)(F)F)cc(C(=O)N3CC[C@]3(C)C(N)=O)n1CC2. The van der Waals surface area contributed by atoms with Gasteiger partial charge in [-0.3, -0.25) is 9.59 Å². The van der Waals surface area contributed by atoms with Gasteiger partial charge in [-0.2, -0.15) is 13.2 Å². The van der Waals surface area contributed by atoms with E-state index >= 15 is 0 Å². The maximum absolute atomic E-state index is 13.4. The van der Waals surface area contributed by atoms with Gasteiger partial charge in [-0.05, 0) is 65.0 Å². The van der Waals surface area contributed by atoms with E-state index in [1.807, 2.05) is 0 Å². The van der Waals surface area contributed by atoms with Gasteiger partial charge in [0.25, 0.3) is 5.91 Å². The van der Waals surface area contributed by atoms with Gasteiger partial charge in [0.2, 0.25) is 5.91 Å². The Kier molecular flexibility index (Phi) is 5.11. The highest BCUT2D eigenvalue weighted by Crippen LogP contribution is 2.42. The number of carbonyl (C=O) groups is 2. The zero-order valence-electron chi connectivity index (χ0n) is 17.0. The monoisotopic (exact) mass is 499 g/mol. The minimum Gasteiger partial charge on any atom is -0.496 e. The molecule has 6 nitrogen and oxygen atoms in total. The predicted octanol–water partition coefficient (Wildman–Crippen LogP) is 3.68. The molecule has 1 aromatic heterocycles. The van der Waals surface area contributed by atoms with Crippen LogP contribution in [-0.4, -0.2) is 46.7 Å². The lowest BCUT2D eigenvalue weighted by molar-refractivity contribution is -0.134. The van der Waals surface area contributed by atoms with Gasteiger partial charge < -0.3 is 19.9 Å². The van der Waals surface area contributed by atoms with Crippen LogP contribution in [0.5, 0.6) is 5.75 Å². The second-order valence-corrected chi connectivity index (χ2v) is 8.94. The summed E-state index contributed by atoms with van der Waals surface area (Å²) in [6.45, 7) is 2.24. The van der Waals surface area contributed by atoms with Crippen molar-refractivity contribution in [2.75, 3.05) is 13.7 Å². The molecule has 0 radical (unpaired) electrons. The summed E-state index contributed by atoms with van der Waals surface area (Å²) in [6, 6.07) is 4.83. The molecule has 2 N–H and O–H groups in total. The first-order valence-corrected chi connectivity index (χ1v) is 10.5. The number of aromatic nitrogens is 1. The lowest BCUT2D eigenvalue weighted by Gasteiger charge is -2.48. The highest BCUT2D eigenvalue weighted by Gasteiger charge is 2.49. The number of primary amides is 1. The zero-order valence-corrected chi connectivity index (χ0v) is 18.6. The Hall–Kier alpha value is -2.49. The summed E-state index contributed by atoms with van der Waals surface area (Å²) in [5, 5.41) is 0. The molecule has 31 heavy (non-hydrogen) atoms. The Labute approximate surface area is 185 Å². The van der Waals surface area contributed by atoms with Crippen molar-refractivity contribution in [1.29, 1.82) is 0 Å². The maximum atomic E-state index is 13.4. The van der Waals surface area contributed by atoms with Crippen molar-refractivity contribution >= 4 is 27.7 Å². The number of rotatable bonds is 4. The summed E-state index contributed by atoms with van der Waals surface area (Å²) < 4.78 is 47.6. The largest absolute Gasteiger partial charge is 0.496 e. The third-order valence-corrected chi connectivity index (χ3v) is 6.84. The standard InChI is InChI=1S/C21H21BrF3N3O3/c1-20(19(26)30)4-6-28(20)18(29)15-7-12(10-21(23,24)25)17-13-9-14(22)16(31-2)8-11(13)3-5-27(15)17/h7-9H,3-6,10H2,1-2H3,(H2,26,30)/t20-/m1/s1. The van der Waals surface area contributed by atoms with E-state index in [4.69, 9.17) is 10.5 Å². The molecule has 4 rings (SSSR count). The fourth-order valence-electron chi connectivity index (χ4n) is 4.37. The van der Waals surface area contributed by atoms with E-state index in [1.165, 1.54) is 18.1 Å². The number of likely N-dealkylation sites (tertiary alicyclic amines) is 1. The molecule has 0 spiro atoms. The zero-order chi connectivity index (χ0) is 22.7. The number of amides is 2. The summed E-state index contributed by atoms with van der Waals surface area (Å²) in [6.07, 6.45) is -4.65. The van der Waals surface area contributed by atoms with Crippen molar-refractivity contribution in [3.8, 4) is 17.0 Å². The highest BCUT2D eigenvalue weighted by molar-refractivity contribution is 9.10. The number of halogens is 4. The number of fused-ring (bicyclic) bond motifs is 3. The number of aryl methyl sites for hydroxylation is 1. The molecule has 1 aromatic carbocycles. The van der Waals surface area contributed by atoms with Crippen LogP contribution in [0.4, 0.5) is 13.2 Å². The predicted molar refractivity (Wildman–Crippen MR) is 111 cm³/mol. The highest BCUT2D eigenvalue weighted by atomic mass is 79.9. The number of carbonyl (C=O) groups excluding carboxylic acids is 2. The van der Waals surface area contributed by atoms with Crippen LogP contribution in [0.1, 0.15) is 35.0 Å². The van der Waals surface area contributed by atoms with Crippen LogP contribution in [0.25, 0.3) is 11.3 Å². The van der Waals surface area contributed by atoms with Crippen molar-refractivity contribution in [2.24, 2.45) is 5.73 Å². The van der Waals surface area contributed by atoms with E-state index in [9.17, 15) is 22.8 Å². The number of nitrogens with two attached hydrogens (primary N) is 1. The Balaban J connectivity index is 1.86. The van der Waals surface area contributed by atoms with Gasteiger partial charge in [-0.15, -0.1) is 0 Å². The van der Waals surface area contributed by atoms with E-state index in [0.717, 1.165) is 5.56 Å². The Bertz CT molecular complexity index is 1100. The smallest absolute Gasteiger partial charge is 0.393 e. The average molecular weight is 500 g/mol. The lowest BCUT2D eigenvalue weighted by atomic mass is 9.85. The Morgan fingerprint density at radius 2 is 1.97 bits per heavy atom. The topological polar surface area (TPSA) is 77.6 Å². The van der Waals surface area contributed by atoms with Gasteiger partial charge in [-0.1, -0.05) is 0 Å². The molecule has 0 aliphatic carbocycles. The molecule has 2 amide bonds. The number of methoxy groups -OCH3 is 1. The Morgan fingerprint density at radius 3 is 2.52 bits per heavy atom. The van der Waals surface area contributed by atoms with Gasteiger partial charge in [0.1, 0.15) is 17.0 Å². The quantitative estimate of drug-likeness (QED) is 0.696. The molecule has 1 atom stereocenters. The summed E-state index contributed by atoms with van der Waals surface area (Å²) in [5.41, 5.74) is 6.33. The fraction of sp³-hybridized carbons (Fsp3) is 0.429. The molecule has 0 saturated carbocycles. The second kappa shape index (κ2) is 7.29. The molecule has 1 saturated heterocycles. The summed E-state index contributed by atoms with van der Waals surface area (Å²) in [7, 11) is 1.52. The van der Waals surface area contributed by atoms with Gasteiger partial charge >= 0.3 is 6.18 Å². The van der Waals surface area contributed by atoms with Crippen LogP contribution < -0.4 is 10.5 Å². The van der Waals surface area contributed by atoms with E-state index < -0.39 is 30.0 Å². The minimum absolute atomic E-state index is 0.0233. The van der Waals surface area contributed by atoms with Crippen LogP contribution in [0.15, 0.2) is 22.7 Å². The molecule has 0 unspecified atom stereocenters. The number of ether oxygens (including phenoxy) is 1. The molecule has 3 heterocycles. The molecular formula is C21H21BrF3N3O3. The second-order valence-electron chi connectivity index (χ2n) is 8.09. The third-order valence-electron chi connectivity index (χ3n) is 6.22.